The van der Waals surface area contributed by atoms with Crippen molar-refractivity contribution < 1.29 is 9.53 Å². The quantitative estimate of drug-likeness (QED) is 0.440. The lowest BCUT2D eigenvalue weighted by Gasteiger charge is -2.27. The largest absolute Gasteiger partial charge is 0.494 e. The number of hydrogen-bond donors (Lipinski definition) is 0. The summed E-state index contributed by atoms with van der Waals surface area (Å²) in [5, 5.41) is 1.12. The maximum Gasteiger partial charge on any atom is 0.254 e. The van der Waals surface area contributed by atoms with Gasteiger partial charge in [-0.15, -0.1) is 0 Å². The molecule has 1 aromatic carbocycles. The van der Waals surface area contributed by atoms with Crippen molar-refractivity contribution in [2.45, 2.75) is 44.7 Å². The summed E-state index contributed by atoms with van der Waals surface area (Å²) in [6.45, 7) is 1.84. The average molecular weight is 456 g/mol. The second-order valence-corrected chi connectivity index (χ2v) is 10.3. The van der Waals surface area contributed by atoms with Crippen molar-refractivity contribution in [3.8, 4) is 17.3 Å². The Balaban J connectivity index is 1.36. The average Bonchev–Trinajstić information content (AvgIpc) is 3.17. The SMILES string of the molecule is COc1cc(C(=O)N2CC3CCC2C3)cc2nc(-c3cc4cccnc4n3CC3CC3)n(C)c12. The first-order valence-corrected chi connectivity index (χ1v) is 12.4. The van der Waals surface area contributed by atoms with Crippen LogP contribution < -0.4 is 4.74 Å². The number of fused-ring (bicyclic) bond motifs is 4. The first-order chi connectivity index (χ1) is 16.6. The molecule has 1 aliphatic heterocycles. The highest BCUT2D eigenvalue weighted by atomic mass is 16.5. The molecule has 2 unspecified atom stereocenters. The third-order valence-electron chi connectivity index (χ3n) is 8.09. The summed E-state index contributed by atoms with van der Waals surface area (Å²) in [6, 6.07) is 10.5. The van der Waals surface area contributed by atoms with E-state index < -0.39 is 0 Å². The van der Waals surface area contributed by atoms with Gasteiger partial charge < -0.3 is 18.8 Å². The Bertz CT molecular complexity index is 1450. The molecule has 4 aromatic rings. The Kier molecular flexibility index (Phi) is 4.32. The number of nitrogens with zero attached hydrogens (tertiary/aromatic N) is 5. The van der Waals surface area contributed by atoms with Crippen LogP contribution in [0.15, 0.2) is 36.5 Å². The summed E-state index contributed by atoms with van der Waals surface area (Å²) in [6.07, 6.45) is 7.93. The Morgan fingerprint density at radius 2 is 2.06 bits per heavy atom. The predicted octanol–water partition coefficient (Wildman–Crippen LogP) is 4.63. The van der Waals surface area contributed by atoms with E-state index in [-0.39, 0.29) is 5.91 Å². The third-order valence-corrected chi connectivity index (χ3v) is 8.09. The van der Waals surface area contributed by atoms with E-state index in [4.69, 9.17) is 9.72 Å². The minimum atomic E-state index is 0.103. The van der Waals surface area contributed by atoms with Crippen molar-refractivity contribution in [3.63, 3.8) is 0 Å². The lowest BCUT2D eigenvalue weighted by Crippen LogP contribution is -2.37. The molecular formula is C27H29N5O2. The molecule has 4 heterocycles. The summed E-state index contributed by atoms with van der Waals surface area (Å²) >= 11 is 0. The lowest BCUT2D eigenvalue weighted by atomic mass is 10.1. The van der Waals surface area contributed by atoms with Gasteiger partial charge in [0.15, 0.2) is 5.82 Å². The summed E-state index contributed by atoms with van der Waals surface area (Å²) in [7, 11) is 3.70. The Morgan fingerprint density at radius 1 is 1.18 bits per heavy atom. The van der Waals surface area contributed by atoms with Crippen LogP contribution in [0.3, 0.4) is 0 Å². The number of ether oxygens (including phenoxy) is 1. The molecule has 0 N–H and O–H groups in total. The summed E-state index contributed by atoms with van der Waals surface area (Å²) < 4.78 is 10.2. The fourth-order valence-electron chi connectivity index (χ4n) is 6.17. The highest BCUT2D eigenvalue weighted by Gasteiger charge is 2.40. The van der Waals surface area contributed by atoms with E-state index >= 15 is 0 Å². The maximum atomic E-state index is 13.4. The monoisotopic (exact) mass is 455 g/mol. The van der Waals surface area contributed by atoms with Crippen LogP contribution in [-0.4, -0.2) is 49.6 Å². The third kappa shape index (κ3) is 2.99. The van der Waals surface area contributed by atoms with Gasteiger partial charge in [-0.2, -0.15) is 0 Å². The molecule has 0 radical (unpaired) electrons. The zero-order valence-electron chi connectivity index (χ0n) is 19.7. The van der Waals surface area contributed by atoms with Gasteiger partial charge in [0.1, 0.15) is 16.9 Å². The molecule has 3 aliphatic rings. The van der Waals surface area contributed by atoms with Gasteiger partial charge in [-0.25, -0.2) is 9.97 Å². The number of carbonyl (C=O) groups excluding carboxylic acids is 1. The van der Waals surface area contributed by atoms with E-state index in [1.165, 1.54) is 19.3 Å². The number of benzene rings is 1. The summed E-state index contributed by atoms with van der Waals surface area (Å²) in [5.74, 6) is 3.04. The molecule has 2 bridgehead atoms. The van der Waals surface area contributed by atoms with Crippen LogP contribution >= 0.6 is 0 Å². The number of pyridine rings is 1. The first-order valence-electron chi connectivity index (χ1n) is 12.4. The standard InChI is InChI=1S/C27H29N5O2/c1-30-24-21(11-19(13-23(24)34-2)27(33)31-15-17-7-8-20(31)10-17)29-26(30)22-12-18-4-3-9-28-25(18)32(22)14-16-5-6-16/h3-4,9,11-13,16-17,20H,5-8,10,14-15H2,1-2H3. The van der Waals surface area contributed by atoms with Gasteiger partial charge in [0.2, 0.25) is 0 Å². The van der Waals surface area contributed by atoms with E-state index in [2.05, 4.69) is 31.2 Å². The number of likely N-dealkylation sites (tertiary alicyclic amines) is 1. The topological polar surface area (TPSA) is 65.2 Å². The van der Waals surface area contributed by atoms with Gasteiger partial charge in [-0.05, 0) is 74.3 Å². The molecule has 2 aliphatic carbocycles. The molecular weight excluding hydrogens is 426 g/mol. The number of aryl methyl sites for hydroxylation is 1. The van der Waals surface area contributed by atoms with Gasteiger partial charge in [0.25, 0.3) is 5.91 Å². The zero-order valence-corrected chi connectivity index (χ0v) is 19.7. The molecule has 0 spiro atoms. The second kappa shape index (κ2) is 7.32. The molecule has 7 rings (SSSR count). The number of carbonyl (C=O) groups is 1. The minimum absolute atomic E-state index is 0.103. The number of aromatic nitrogens is 4. The van der Waals surface area contributed by atoms with Crippen LogP contribution in [0, 0.1) is 11.8 Å². The van der Waals surface area contributed by atoms with Gasteiger partial charge in [0, 0.05) is 43.3 Å². The van der Waals surface area contributed by atoms with Crippen LogP contribution in [0.1, 0.15) is 42.5 Å². The molecule has 3 aromatic heterocycles. The molecule has 2 atom stereocenters. The van der Waals surface area contributed by atoms with Gasteiger partial charge >= 0.3 is 0 Å². The number of rotatable bonds is 5. The molecule has 7 heteroatoms. The van der Waals surface area contributed by atoms with Crippen LogP contribution in [-0.2, 0) is 13.6 Å². The molecule has 3 fully saturated rings. The lowest BCUT2D eigenvalue weighted by molar-refractivity contribution is 0.0703. The van der Waals surface area contributed by atoms with Crippen molar-refractivity contribution in [2.24, 2.45) is 18.9 Å². The first kappa shape index (κ1) is 20.1. The van der Waals surface area contributed by atoms with E-state index in [0.717, 1.165) is 59.5 Å². The van der Waals surface area contributed by atoms with Gasteiger partial charge in [-0.1, -0.05) is 0 Å². The number of methoxy groups -OCH3 is 1. The second-order valence-electron chi connectivity index (χ2n) is 10.3. The fourth-order valence-corrected chi connectivity index (χ4v) is 6.17. The maximum absolute atomic E-state index is 13.4. The molecule has 1 amide bonds. The Labute approximate surface area is 198 Å². The number of imidazole rings is 1. The fraction of sp³-hybridized carbons (Fsp3) is 0.444. The molecule has 1 saturated heterocycles. The predicted molar refractivity (Wildman–Crippen MR) is 131 cm³/mol. The molecule has 34 heavy (non-hydrogen) atoms. The van der Waals surface area contributed by atoms with Crippen molar-refractivity contribution in [1.29, 1.82) is 0 Å². The Hall–Kier alpha value is -3.35. The highest BCUT2D eigenvalue weighted by molar-refractivity contribution is 6.00. The normalized spacial score (nSPS) is 21.8. The van der Waals surface area contributed by atoms with Crippen LogP contribution in [0.2, 0.25) is 0 Å². The minimum Gasteiger partial charge on any atom is -0.494 e. The van der Waals surface area contributed by atoms with E-state index in [0.29, 0.717) is 29.2 Å². The van der Waals surface area contributed by atoms with E-state index in [1.54, 1.807) is 7.11 Å². The molecule has 7 nitrogen and oxygen atoms in total. The van der Waals surface area contributed by atoms with Crippen LogP contribution in [0.4, 0.5) is 0 Å². The van der Waals surface area contributed by atoms with E-state index in [9.17, 15) is 4.79 Å². The van der Waals surface area contributed by atoms with Crippen molar-refractivity contribution >= 4 is 28.0 Å². The van der Waals surface area contributed by atoms with Crippen molar-refractivity contribution in [2.75, 3.05) is 13.7 Å². The number of amides is 1. The van der Waals surface area contributed by atoms with Gasteiger partial charge in [0.05, 0.1) is 18.3 Å². The number of piperidine rings is 1. The van der Waals surface area contributed by atoms with E-state index in [1.807, 2.05) is 31.4 Å². The van der Waals surface area contributed by atoms with Crippen molar-refractivity contribution in [1.82, 2.24) is 24.0 Å². The van der Waals surface area contributed by atoms with Crippen LogP contribution in [0.5, 0.6) is 5.75 Å². The summed E-state index contributed by atoms with van der Waals surface area (Å²) in [4.78, 5) is 25.2. The Morgan fingerprint density at radius 3 is 2.79 bits per heavy atom. The highest BCUT2D eigenvalue weighted by Crippen LogP contribution is 2.40. The van der Waals surface area contributed by atoms with Gasteiger partial charge in [-0.3, -0.25) is 4.79 Å². The smallest absolute Gasteiger partial charge is 0.254 e. The van der Waals surface area contributed by atoms with Crippen molar-refractivity contribution in [3.05, 3.63) is 42.1 Å². The summed E-state index contributed by atoms with van der Waals surface area (Å²) in [5.41, 5.74) is 4.44. The molecule has 174 valence electrons. The molecule has 2 saturated carbocycles. The van der Waals surface area contributed by atoms with Crippen LogP contribution in [0.25, 0.3) is 33.6 Å². The zero-order chi connectivity index (χ0) is 23.0. The number of hydrogen-bond acceptors (Lipinski definition) is 4.